The van der Waals surface area contributed by atoms with Crippen molar-refractivity contribution in [1.82, 2.24) is 4.72 Å². The van der Waals surface area contributed by atoms with Crippen LogP contribution in [0.25, 0.3) is 0 Å². The van der Waals surface area contributed by atoms with Crippen molar-refractivity contribution >= 4 is 33.3 Å². The summed E-state index contributed by atoms with van der Waals surface area (Å²) in [5.41, 5.74) is 1.01. The Morgan fingerprint density at radius 1 is 0.634 bits per heavy atom. The number of unbranched alkanes of at least 4 members (excludes halogenated alkanes) is 14. The lowest BCUT2D eigenvalue weighted by molar-refractivity contribution is -0.116. The van der Waals surface area contributed by atoms with Gasteiger partial charge in [-0.05, 0) is 55.0 Å². The maximum atomic E-state index is 12.4. The predicted octanol–water partition coefficient (Wildman–Crippen LogP) is 8.41. The van der Waals surface area contributed by atoms with Gasteiger partial charge in [0.05, 0.1) is 12.0 Å². The molecule has 3 N–H and O–H groups in total. The van der Waals surface area contributed by atoms with Crippen LogP contribution in [0.2, 0.25) is 0 Å². The van der Waals surface area contributed by atoms with Gasteiger partial charge in [-0.15, -0.1) is 0 Å². The number of rotatable bonds is 21. The summed E-state index contributed by atoms with van der Waals surface area (Å²) in [6.45, 7) is 2.26. The highest BCUT2D eigenvalue weighted by Gasteiger charge is 2.17. The largest absolute Gasteiger partial charge is 0.497 e. The fraction of sp³-hybridized carbons (Fsp3) is 0.562. The zero-order valence-electron chi connectivity index (χ0n) is 24.9. The molecule has 0 spiro atoms. The minimum atomic E-state index is -4.03. The van der Waals surface area contributed by atoms with Crippen LogP contribution in [0.15, 0.2) is 53.4 Å². The molecule has 2 aromatic rings. The lowest BCUT2D eigenvalue weighted by atomic mass is 10.0. The summed E-state index contributed by atoms with van der Waals surface area (Å²) >= 11 is 0. The van der Waals surface area contributed by atoms with E-state index in [4.69, 9.17) is 4.74 Å². The summed E-state index contributed by atoms with van der Waals surface area (Å²) in [6.07, 6.45) is 19.8. The van der Waals surface area contributed by atoms with E-state index in [1.807, 2.05) is 4.72 Å². The second-order valence-electron chi connectivity index (χ2n) is 10.6. The lowest BCUT2D eigenvalue weighted by Crippen LogP contribution is -2.34. The minimum absolute atomic E-state index is 0.0382. The number of ether oxygens (including phenoxy) is 1. The van der Waals surface area contributed by atoms with Crippen LogP contribution in [0.3, 0.4) is 0 Å². The number of sulfonamides is 1. The second-order valence-corrected chi connectivity index (χ2v) is 12.2. The summed E-state index contributed by atoms with van der Waals surface area (Å²) in [5.74, 6) is 0.471. The minimum Gasteiger partial charge on any atom is -0.497 e. The molecule has 0 bridgehead atoms. The summed E-state index contributed by atoms with van der Waals surface area (Å²) in [5, 5.41) is 5.36. The highest BCUT2D eigenvalue weighted by molar-refractivity contribution is 7.90. The molecule has 0 aliphatic carbocycles. The van der Waals surface area contributed by atoms with Gasteiger partial charge in [0.25, 0.3) is 10.0 Å². The van der Waals surface area contributed by atoms with E-state index < -0.39 is 16.1 Å². The monoisotopic (exact) mass is 587 g/mol. The molecule has 41 heavy (non-hydrogen) atoms. The van der Waals surface area contributed by atoms with E-state index in [-0.39, 0.29) is 10.8 Å². The molecular formula is C32H49N3O5S. The molecule has 2 aromatic carbocycles. The Hall–Kier alpha value is -3.07. The van der Waals surface area contributed by atoms with Crippen molar-refractivity contribution in [3.8, 4) is 5.75 Å². The highest BCUT2D eigenvalue weighted by Crippen LogP contribution is 2.18. The van der Waals surface area contributed by atoms with Gasteiger partial charge < -0.3 is 15.4 Å². The topological polar surface area (TPSA) is 114 Å². The molecule has 3 amide bonds. The molecule has 0 saturated heterocycles. The number of hydrogen-bond acceptors (Lipinski definition) is 5. The van der Waals surface area contributed by atoms with E-state index in [2.05, 4.69) is 17.6 Å². The van der Waals surface area contributed by atoms with Crippen molar-refractivity contribution in [3.63, 3.8) is 0 Å². The number of benzene rings is 2. The molecule has 0 fully saturated rings. The van der Waals surface area contributed by atoms with Gasteiger partial charge in [0.2, 0.25) is 5.91 Å². The quantitative estimate of drug-likeness (QED) is 0.127. The number of amides is 3. The van der Waals surface area contributed by atoms with Crippen LogP contribution >= 0.6 is 0 Å². The third kappa shape index (κ3) is 14.9. The Labute approximate surface area is 247 Å². The molecular weight excluding hydrogens is 538 g/mol. The van der Waals surface area contributed by atoms with Crippen LogP contribution in [0.1, 0.15) is 110 Å². The molecule has 0 saturated carbocycles. The van der Waals surface area contributed by atoms with Crippen molar-refractivity contribution in [3.05, 3.63) is 48.5 Å². The summed E-state index contributed by atoms with van der Waals surface area (Å²) in [4.78, 5) is 24.4. The third-order valence-electron chi connectivity index (χ3n) is 7.03. The highest BCUT2D eigenvalue weighted by atomic mass is 32.2. The maximum absolute atomic E-state index is 12.4. The van der Waals surface area contributed by atoms with Gasteiger partial charge in [-0.3, -0.25) is 4.79 Å². The Kier molecular flexibility index (Phi) is 16.6. The summed E-state index contributed by atoms with van der Waals surface area (Å²) < 4.78 is 31.8. The SMILES string of the molecule is CCCCCCCCCCCCCCCCCC(=O)Nc1ccc(NC(=O)NS(=O)(=O)c2ccc(OC)cc2)cc1. The number of hydrogen-bond donors (Lipinski definition) is 3. The number of nitrogens with one attached hydrogen (secondary N) is 3. The van der Waals surface area contributed by atoms with Crippen molar-refractivity contribution in [1.29, 1.82) is 0 Å². The number of carbonyl (C=O) groups excluding carboxylic acids is 2. The first-order chi connectivity index (χ1) is 19.8. The van der Waals surface area contributed by atoms with Crippen LogP contribution < -0.4 is 20.1 Å². The molecule has 0 aromatic heterocycles. The predicted molar refractivity (Wildman–Crippen MR) is 167 cm³/mol. The van der Waals surface area contributed by atoms with Crippen LogP contribution in [0.4, 0.5) is 16.2 Å². The zero-order valence-corrected chi connectivity index (χ0v) is 25.7. The fourth-order valence-corrected chi connectivity index (χ4v) is 5.52. The molecule has 0 atom stereocenters. The van der Waals surface area contributed by atoms with Gasteiger partial charge in [0.15, 0.2) is 0 Å². The van der Waals surface area contributed by atoms with Gasteiger partial charge >= 0.3 is 6.03 Å². The van der Waals surface area contributed by atoms with Gasteiger partial charge in [-0.25, -0.2) is 17.9 Å². The molecule has 9 heteroatoms. The van der Waals surface area contributed by atoms with Gasteiger partial charge in [0, 0.05) is 17.8 Å². The van der Waals surface area contributed by atoms with Gasteiger partial charge in [-0.2, -0.15) is 0 Å². The molecule has 2 rings (SSSR count). The zero-order chi connectivity index (χ0) is 29.8. The van der Waals surface area contributed by atoms with Gasteiger partial charge in [0.1, 0.15) is 5.75 Å². The first kappa shape index (κ1) is 34.1. The Morgan fingerprint density at radius 3 is 1.54 bits per heavy atom. The average molecular weight is 588 g/mol. The van der Waals surface area contributed by atoms with E-state index in [1.165, 1.54) is 115 Å². The van der Waals surface area contributed by atoms with Crippen molar-refractivity contribution in [2.45, 2.75) is 115 Å². The smallest absolute Gasteiger partial charge is 0.333 e. The van der Waals surface area contributed by atoms with E-state index in [0.29, 0.717) is 23.5 Å². The van der Waals surface area contributed by atoms with E-state index >= 15 is 0 Å². The number of anilines is 2. The number of methoxy groups -OCH3 is 1. The summed E-state index contributed by atoms with van der Waals surface area (Å²) in [7, 11) is -2.55. The second kappa shape index (κ2) is 19.9. The van der Waals surface area contributed by atoms with Crippen molar-refractivity contribution < 1.29 is 22.7 Å². The average Bonchev–Trinajstić information content (AvgIpc) is 2.96. The fourth-order valence-electron chi connectivity index (χ4n) is 4.61. The molecule has 0 unspecified atom stereocenters. The van der Waals surface area contributed by atoms with Crippen LogP contribution in [0.5, 0.6) is 5.75 Å². The van der Waals surface area contributed by atoms with Crippen LogP contribution in [-0.2, 0) is 14.8 Å². The van der Waals surface area contributed by atoms with Crippen molar-refractivity contribution in [2.24, 2.45) is 0 Å². The third-order valence-corrected chi connectivity index (χ3v) is 8.38. The molecule has 0 heterocycles. The molecule has 0 radical (unpaired) electrons. The van der Waals surface area contributed by atoms with Gasteiger partial charge in [-0.1, -0.05) is 96.8 Å². The molecule has 8 nitrogen and oxygen atoms in total. The first-order valence-corrected chi connectivity index (χ1v) is 16.7. The normalized spacial score (nSPS) is 11.2. The Morgan fingerprint density at radius 2 is 1.07 bits per heavy atom. The number of carbonyl (C=O) groups is 2. The molecule has 0 aliphatic rings. The summed E-state index contributed by atoms with van der Waals surface area (Å²) in [6, 6.07) is 11.3. The number of urea groups is 1. The Balaban J connectivity index is 1.53. The standard InChI is InChI=1S/C32H49N3O5S/c1-3-4-5-6-7-8-9-10-11-12-13-14-15-16-17-18-31(36)33-27-19-21-28(22-20-27)34-32(37)35-41(38,39)30-25-23-29(40-2)24-26-30/h19-26H,3-18H2,1-2H3,(H,33,36)(H2,34,35,37). The van der Waals surface area contributed by atoms with E-state index in [9.17, 15) is 18.0 Å². The van der Waals surface area contributed by atoms with Crippen LogP contribution in [-0.4, -0.2) is 27.5 Å². The van der Waals surface area contributed by atoms with E-state index in [1.54, 1.807) is 24.3 Å². The molecule has 228 valence electrons. The van der Waals surface area contributed by atoms with Crippen molar-refractivity contribution in [2.75, 3.05) is 17.7 Å². The first-order valence-electron chi connectivity index (χ1n) is 15.2. The van der Waals surface area contributed by atoms with Crippen LogP contribution in [0, 0.1) is 0 Å². The maximum Gasteiger partial charge on any atom is 0.333 e. The molecule has 0 aliphatic heterocycles. The Bertz CT molecular complexity index is 1120. The van der Waals surface area contributed by atoms with E-state index in [0.717, 1.165) is 12.8 Å². The lowest BCUT2D eigenvalue weighted by Gasteiger charge is -2.10.